The average molecular weight is 403 g/mol. The molecule has 3 unspecified atom stereocenters. The molecule has 1 aliphatic carbocycles. The average Bonchev–Trinajstić information content (AvgIpc) is 2.63. The Hall–Kier alpha value is -0.903. The highest BCUT2D eigenvalue weighted by molar-refractivity contribution is 5.98. The van der Waals surface area contributed by atoms with E-state index in [-0.39, 0.29) is 17.1 Å². The van der Waals surface area contributed by atoms with Crippen LogP contribution in [-0.4, -0.2) is 27.3 Å². The van der Waals surface area contributed by atoms with Crippen LogP contribution in [0.15, 0.2) is 42.0 Å². The molecule has 0 aromatic heterocycles. The zero-order valence-electron chi connectivity index (χ0n) is 19.2. The fourth-order valence-corrected chi connectivity index (χ4v) is 5.77. The van der Waals surface area contributed by atoms with E-state index < -0.39 is 0 Å². The van der Waals surface area contributed by atoms with Crippen LogP contribution in [0.1, 0.15) is 79.2 Å². The van der Waals surface area contributed by atoms with Crippen LogP contribution in [0.3, 0.4) is 0 Å². The van der Waals surface area contributed by atoms with Crippen molar-refractivity contribution >= 4 is 10.5 Å². The second kappa shape index (κ2) is 9.28. The molecule has 0 radical (unpaired) electrons. The summed E-state index contributed by atoms with van der Waals surface area (Å²) in [5.74, 6) is 0.719. The Balaban J connectivity index is 2.05. The molecule has 0 heterocycles. The molecular weight excluding hydrogens is 360 g/mol. The highest BCUT2D eigenvalue weighted by Crippen LogP contribution is 2.53. The molecule has 1 N–H and O–H groups in total. The molecule has 0 amide bonds. The molecule has 0 spiro atoms. The molecule has 28 heavy (non-hydrogen) atoms. The van der Waals surface area contributed by atoms with Gasteiger partial charge in [0.2, 0.25) is 0 Å². The topological polar surface area (TPSA) is 29.5 Å². The molecule has 158 valence electrons. The van der Waals surface area contributed by atoms with Crippen LogP contribution >= 0.6 is 0 Å². The molecule has 1 fully saturated rings. The van der Waals surface area contributed by atoms with Gasteiger partial charge < -0.3 is 9.53 Å². The van der Waals surface area contributed by atoms with E-state index in [0.29, 0.717) is 5.41 Å². The van der Waals surface area contributed by atoms with Gasteiger partial charge in [0.1, 0.15) is 10.5 Å². The van der Waals surface area contributed by atoms with Gasteiger partial charge in [0.05, 0.1) is 11.7 Å². The van der Waals surface area contributed by atoms with Crippen LogP contribution in [0.25, 0.3) is 0 Å². The first-order valence-electron chi connectivity index (χ1n) is 11.0. The third-order valence-corrected chi connectivity index (χ3v) is 7.86. The SMILES string of the molecule is CC(=CC1(O[SiH3])CCC(C(C)(C)C)CC1(C)C)C(O)CCCc1ccccc1. The summed E-state index contributed by atoms with van der Waals surface area (Å²) in [7, 11) is 0.719. The van der Waals surface area contributed by atoms with Crippen molar-refractivity contribution in [2.45, 2.75) is 91.8 Å². The number of benzene rings is 1. The Bertz CT molecular complexity index is 644. The molecule has 3 atom stereocenters. The minimum absolute atomic E-state index is 0.0793. The van der Waals surface area contributed by atoms with Gasteiger partial charge in [0.15, 0.2) is 0 Å². The van der Waals surface area contributed by atoms with Gasteiger partial charge in [-0.25, -0.2) is 0 Å². The molecule has 1 aromatic carbocycles. The maximum absolute atomic E-state index is 10.8. The van der Waals surface area contributed by atoms with Crippen molar-refractivity contribution in [1.29, 1.82) is 0 Å². The standard InChI is InChI=1S/C25H42O2Si/c1-19(22(26)14-10-13-20-11-8-7-9-12-20)17-25(27-28)16-15-21(23(2,3)4)18-24(25,5)6/h7-9,11-12,17,21-22,26H,10,13-16,18H2,1-6,28H3. The summed E-state index contributed by atoms with van der Waals surface area (Å²) in [5, 5.41) is 10.8. The molecule has 0 saturated heterocycles. The summed E-state index contributed by atoms with van der Waals surface area (Å²) in [6, 6.07) is 10.5. The lowest BCUT2D eigenvalue weighted by Gasteiger charge is -2.53. The maximum atomic E-state index is 10.8. The van der Waals surface area contributed by atoms with Crippen molar-refractivity contribution in [2.75, 3.05) is 0 Å². The highest BCUT2D eigenvalue weighted by Gasteiger charge is 2.49. The predicted octanol–water partition coefficient (Wildman–Crippen LogP) is 5.22. The van der Waals surface area contributed by atoms with Gasteiger partial charge >= 0.3 is 0 Å². The zero-order valence-corrected chi connectivity index (χ0v) is 21.2. The summed E-state index contributed by atoms with van der Waals surface area (Å²) >= 11 is 0. The summed E-state index contributed by atoms with van der Waals surface area (Å²) < 4.78 is 6.30. The molecule has 2 nitrogen and oxygen atoms in total. The van der Waals surface area contributed by atoms with Crippen molar-refractivity contribution in [3.8, 4) is 0 Å². The van der Waals surface area contributed by atoms with Crippen molar-refractivity contribution in [1.82, 2.24) is 0 Å². The lowest BCUT2D eigenvalue weighted by atomic mass is 9.57. The van der Waals surface area contributed by atoms with Gasteiger partial charge in [-0.05, 0) is 73.3 Å². The van der Waals surface area contributed by atoms with E-state index in [1.807, 2.05) is 0 Å². The second-order valence-corrected chi connectivity index (χ2v) is 11.0. The van der Waals surface area contributed by atoms with Gasteiger partial charge in [-0.3, -0.25) is 0 Å². The van der Waals surface area contributed by atoms with E-state index in [9.17, 15) is 5.11 Å². The monoisotopic (exact) mass is 402 g/mol. The normalized spacial score (nSPS) is 27.0. The summed E-state index contributed by atoms with van der Waals surface area (Å²) in [6.45, 7) is 13.9. The number of hydrogen-bond acceptors (Lipinski definition) is 2. The zero-order chi connectivity index (χ0) is 21.0. The van der Waals surface area contributed by atoms with Gasteiger partial charge in [-0.1, -0.05) is 71.0 Å². The van der Waals surface area contributed by atoms with Crippen LogP contribution in [-0.2, 0) is 10.8 Å². The Kier molecular flexibility index (Phi) is 7.74. The van der Waals surface area contributed by atoms with E-state index in [1.54, 1.807) is 0 Å². The van der Waals surface area contributed by atoms with Gasteiger partial charge in [0.25, 0.3) is 0 Å². The van der Waals surface area contributed by atoms with Gasteiger partial charge in [-0.2, -0.15) is 0 Å². The number of aryl methyl sites for hydroxylation is 1. The number of aliphatic hydroxyl groups is 1. The van der Waals surface area contributed by atoms with Crippen LogP contribution in [0.5, 0.6) is 0 Å². The van der Waals surface area contributed by atoms with Crippen molar-refractivity contribution in [3.05, 3.63) is 47.5 Å². The Morgan fingerprint density at radius 3 is 2.46 bits per heavy atom. The third kappa shape index (κ3) is 5.58. The molecule has 0 aliphatic heterocycles. The van der Waals surface area contributed by atoms with Gasteiger partial charge in [-0.15, -0.1) is 0 Å². The Labute approximate surface area is 176 Å². The lowest BCUT2D eigenvalue weighted by molar-refractivity contribution is -0.0674. The lowest BCUT2D eigenvalue weighted by Crippen LogP contribution is -2.51. The quantitative estimate of drug-likeness (QED) is 0.500. The number of aliphatic hydroxyl groups excluding tert-OH is 1. The molecule has 1 aromatic rings. The third-order valence-electron chi connectivity index (χ3n) is 7.13. The van der Waals surface area contributed by atoms with Crippen LogP contribution in [0.2, 0.25) is 0 Å². The van der Waals surface area contributed by atoms with E-state index in [2.05, 4.69) is 78.0 Å². The minimum atomic E-state index is -0.381. The summed E-state index contributed by atoms with van der Waals surface area (Å²) in [4.78, 5) is 0. The molecule has 0 bridgehead atoms. The van der Waals surface area contributed by atoms with E-state index in [0.717, 1.165) is 47.7 Å². The van der Waals surface area contributed by atoms with E-state index in [4.69, 9.17) is 4.43 Å². The Morgan fingerprint density at radius 2 is 1.93 bits per heavy atom. The van der Waals surface area contributed by atoms with E-state index >= 15 is 0 Å². The van der Waals surface area contributed by atoms with Gasteiger partial charge in [0, 0.05) is 0 Å². The Morgan fingerprint density at radius 1 is 1.29 bits per heavy atom. The molecule has 3 heteroatoms. The highest BCUT2D eigenvalue weighted by atomic mass is 28.2. The number of rotatable bonds is 7. The fraction of sp³-hybridized carbons (Fsp3) is 0.680. The first-order valence-corrected chi connectivity index (χ1v) is 11.8. The minimum Gasteiger partial charge on any atom is -0.419 e. The smallest absolute Gasteiger partial charge is 0.147 e. The molecule has 2 rings (SSSR count). The van der Waals surface area contributed by atoms with Crippen LogP contribution in [0, 0.1) is 16.7 Å². The molecular formula is C25H42O2Si. The predicted molar refractivity (Wildman–Crippen MR) is 123 cm³/mol. The van der Waals surface area contributed by atoms with Crippen molar-refractivity contribution < 1.29 is 9.53 Å². The van der Waals surface area contributed by atoms with Crippen LogP contribution in [0.4, 0.5) is 0 Å². The second-order valence-electron chi connectivity index (χ2n) is 10.6. The van der Waals surface area contributed by atoms with Crippen molar-refractivity contribution in [3.63, 3.8) is 0 Å². The maximum Gasteiger partial charge on any atom is 0.147 e. The first kappa shape index (κ1) is 23.4. The summed E-state index contributed by atoms with van der Waals surface area (Å²) in [6.07, 6.45) is 8.15. The fourth-order valence-electron chi connectivity index (χ4n) is 4.90. The van der Waals surface area contributed by atoms with Crippen LogP contribution < -0.4 is 0 Å². The van der Waals surface area contributed by atoms with Crippen molar-refractivity contribution in [2.24, 2.45) is 16.7 Å². The number of hydrogen-bond donors (Lipinski definition) is 1. The largest absolute Gasteiger partial charge is 0.419 e. The summed E-state index contributed by atoms with van der Waals surface area (Å²) in [5.41, 5.74) is 2.61. The first-order chi connectivity index (χ1) is 13.0. The van der Waals surface area contributed by atoms with E-state index in [1.165, 1.54) is 18.4 Å². The molecule has 1 aliphatic rings. The molecule has 1 saturated carbocycles.